The van der Waals surface area contributed by atoms with E-state index in [0.29, 0.717) is 52.9 Å². The minimum Gasteiger partial charge on any atom is -0.493 e. The smallest absolute Gasteiger partial charge is 0.308 e. The lowest BCUT2D eigenvalue weighted by Gasteiger charge is -2.30. The predicted octanol–water partition coefficient (Wildman–Crippen LogP) is 3.25. The fraction of sp³-hybridized carbons (Fsp3) is 0.562. The number of quaternary nitrogens is 1. The van der Waals surface area contributed by atoms with Crippen LogP contribution >= 0.6 is 0 Å². The molecule has 242 valence electrons. The lowest BCUT2D eigenvalue weighted by Crippen LogP contribution is -2.47. The van der Waals surface area contributed by atoms with E-state index in [2.05, 4.69) is 28.1 Å². The third kappa shape index (κ3) is 8.04. The molecule has 1 N–H and O–H groups in total. The molecule has 2 aliphatic heterocycles. The number of amides is 1. The summed E-state index contributed by atoms with van der Waals surface area (Å²) in [5.74, 6) is -0.124. The number of hydrogen-bond acceptors (Lipinski definition) is 9. The van der Waals surface area contributed by atoms with Crippen molar-refractivity contribution in [3.63, 3.8) is 0 Å². The summed E-state index contributed by atoms with van der Waals surface area (Å²) in [4.78, 5) is 34.6. The van der Waals surface area contributed by atoms with Crippen molar-refractivity contribution in [2.75, 3.05) is 81.5 Å². The Bertz CT molecular complexity index is 1280. The van der Waals surface area contributed by atoms with Crippen molar-refractivity contribution in [1.82, 2.24) is 9.96 Å². The quantitative estimate of drug-likeness (QED) is 0.223. The maximum absolute atomic E-state index is 13.7. The zero-order valence-corrected chi connectivity index (χ0v) is 26.6. The highest BCUT2D eigenvalue weighted by Gasteiger charge is 2.48. The molecule has 2 aromatic rings. The number of rotatable bonds is 16. The van der Waals surface area contributed by atoms with E-state index in [1.165, 1.54) is 12.2 Å². The molecule has 1 fully saturated rings. The minimum atomic E-state index is -0.989. The first-order valence-electron chi connectivity index (χ1n) is 15.0. The van der Waals surface area contributed by atoms with Gasteiger partial charge in [-0.15, -0.1) is 0 Å². The van der Waals surface area contributed by atoms with Crippen molar-refractivity contribution in [2.45, 2.75) is 31.7 Å². The first-order chi connectivity index (χ1) is 21.1. The molecule has 2 aromatic carbocycles. The Balaban J connectivity index is 1.63. The van der Waals surface area contributed by atoms with Crippen LogP contribution in [0.1, 0.15) is 31.2 Å². The maximum Gasteiger partial charge on any atom is 0.308 e. The van der Waals surface area contributed by atoms with Crippen molar-refractivity contribution in [3.05, 3.63) is 42.0 Å². The summed E-state index contributed by atoms with van der Waals surface area (Å²) in [6.07, 6.45) is 1.69. The number of ether oxygens (including phenoxy) is 5. The van der Waals surface area contributed by atoms with Crippen molar-refractivity contribution >= 4 is 11.9 Å². The van der Waals surface area contributed by atoms with E-state index in [4.69, 9.17) is 28.5 Å². The molecule has 4 rings (SSSR count). The molecule has 12 nitrogen and oxygen atoms in total. The number of carbonyl (C=O) groups excluding carboxylic acids is 1. The van der Waals surface area contributed by atoms with Crippen LogP contribution in [0.2, 0.25) is 0 Å². The summed E-state index contributed by atoms with van der Waals surface area (Å²) in [6.45, 7) is 3.97. The van der Waals surface area contributed by atoms with Gasteiger partial charge in [0, 0.05) is 19.0 Å². The molecule has 0 spiro atoms. The largest absolute Gasteiger partial charge is 0.493 e. The number of likely N-dealkylation sites (N-methyl/N-ethyl adjacent to an activating group) is 1. The summed E-state index contributed by atoms with van der Waals surface area (Å²) < 4.78 is 29.1. The number of carbonyl (C=O) groups is 2. The Hall–Kier alpha value is -3.74. The van der Waals surface area contributed by atoms with Gasteiger partial charge in [0.1, 0.15) is 19.8 Å². The zero-order chi connectivity index (χ0) is 31.9. The number of nitrogens with zero attached hydrogens (tertiary/aromatic N) is 3. The summed E-state index contributed by atoms with van der Waals surface area (Å²) in [5.41, 5.74) is 0.720. The van der Waals surface area contributed by atoms with E-state index in [1.54, 1.807) is 31.4 Å². The van der Waals surface area contributed by atoms with E-state index in [9.17, 15) is 14.7 Å². The molecule has 2 heterocycles. The monoisotopic (exact) mass is 616 g/mol. The standard InChI is InChI=1S/C32H45N3O9/c1-7-8-13-34(44-15-14-35(2,3)4)29(36)19-33-18-23(22-16-27(40-6)31-28(17-22)42-21-43-31)30(32(37)38)24(33)20-41-26-12-10-9-11-25(26)39-5/h9-12,16-17,23-24,30H,7-8,13-15,18-21H2,1-6H3/p+1/t23-,24+,30-/m1/s1. The van der Waals surface area contributed by atoms with Crippen LogP contribution in [0, 0.1) is 5.92 Å². The van der Waals surface area contributed by atoms with Gasteiger partial charge in [-0.2, -0.15) is 0 Å². The average Bonchev–Trinajstić information content (AvgIpc) is 3.61. The molecule has 44 heavy (non-hydrogen) atoms. The molecule has 2 aliphatic rings. The minimum absolute atomic E-state index is 0.0279. The van der Waals surface area contributed by atoms with Crippen molar-refractivity contribution < 1.29 is 47.7 Å². The number of hydroxylamine groups is 2. The van der Waals surface area contributed by atoms with Crippen molar-refractivity contribution in [3.8, 4) is 28.7 Å². The van der Waals surface area contributed by atoms with Crippen molar-refractivity contribution in [1.29, 1.82) is 0 Å². The van der Waals surface area contributed by atoms with Gasteiger partial charge in [-0.05, 0) is 36.2 Å². The predicted molar refractivity (Wildman–Crippen MR) is 162 cm³/mol. The number of carboxylic acid groups (broad SMARTS) is 1. The molecule has 0 radical (unpaired) electrons. The molecule has 0 saturated carbocycles. The Morgan fingerprint density at radius 1 is 1.07 bits per heavy atom. The first-order valence-corrected chi connectivity index (χ1v) is 15.0. The molecule has 0 bridgehead atoms. The van der Waals surface area contributed by atoms with Gasteiger partial charge in [0.2, 0.25) is 12.5 Å². The van der Waals surface area contributed by atoms with E-state index in [-0.39, 0.29) is 25.9 Å². The lowest BCUT2D eigenvalue weighted by atomic mass is 9.85. The second-order valence-electron chi connectivity index (χ2n) is 12.1. The second kappa shape index (κ2) is 14.8. The fourth-order valence-corrected chi connectivity index (χ4v) is 5.55. The van der Waals surface area contributed by atoms with Gasteiger partial charge in [-0.25, -0.2) is 5.06 Å². The molecule has 0 aliphatic carbocycles. The number of likely N-dealkylation sites (tertiary alicyclic amines) is 1. The van der Waals surface area contributed by atoms with Crippen LogP contribution < -0.4 is 23.7 Å². The molecule has 0 aromatic heterocycles. The van der Waals surface area contributed by atoms with Crippen LogP contribution in [-0.4, -0.2) is 119 Å². The Kier molecular flexibility index (Phi) is 11.2. The number of unbranched alkanes of at least 4 members (excludes halogenated alkanes) is 1. The van der Waals surface area contributed by atoms with Crippen LogP contribution in [0.3, 0.4) is 0 Å². The van der Waals surface area contributed by atoms with Gasteiger partial charge in [-0.3, -0.25) is 19.3 Å². The Labute approximate surface area is 259 Å². The molecule has 0 unspecified atom stereocenters. The summed E-state index contributed by atoms with van der Waals surface area (Å²) in [6, 6.07) is 10.2. The maximum atomic E-state index is 13.7. The number of para-hydroxylation sites is 2. The number of hydrogen-bond donors (Lipinski definition) is 1. The fourth-order valence-electron chi connectivity index (χ4n) is 5.55. The first kappa shape index (κ1) is 33.2. The third-order valence-corrected chi connectivity index (χ3v) is 7.96. The zero-order valence-electron chi connectivity index (χ0n) is 26.6. The lowest BCUT2D eigenvalue weighted by molar-refractivity contribution is -0.871. The summed E-state index contributed by atoms with van der Waals surface area (Å²) >= 11 is 0. The summed E-state index contributed by atoms with van der Waals surface area (Å²) in [5, 5.41) is 12.0. The van der Waals surface area contributed by atoms with E-state index in [0.717, 1.165) is 24.9 Å². The average molecular weight is 617 g/mol. The normalized spacial score (nSPS) is 19.5. The molecule has 3 atom stereocenters. The number of aliphatic carboxylic acids is 1. The number of carboxylic acids is 1. The Morgan fingerprint density at radius 2 is 1.80 bits per heavy atom. The molecular weight excluding hydrogens is 570 g/mol. The Morgan fingerprint density at radius 3 is 2.45 bits per heavy atom. The van der Waals surface area contributed by atoms with E-state index >= 15 is 0 Å². The van der Waals surface area contributed by atoms with Gasteiger partial charge in [-0.1, -0.05) is 25.5 Å². The van der Waals surface area contributed by atoms with Crippen LogP contribution in [0.5, 0.6) is 28.7 Å². The second-order valence-corrected chi connectivity index (χ2v) is 12.1. The van der Waals surface area contributed by atoms with Crippen molar-refractivity contribution in [2.24, 2.45) is 5.92 Å². The highest BCUT2D eigenvalue weighted by atomic mass is 16.7. The van der Waals surface area contributed by atoms with Gasteiger partial charge in [0.05, 0.1) is 53.9 Å². The van der Waals surface area contributed by atoms with Gasteiger partial charge >= 0.3 is 5.97 Å². The third-order valence-electron chi connectivity index (χ3n) is 7.96. The van der Waals surface area contributed by atoms with Gasteiger partial charge in [0.25, 0.3) is 5.91 Å². The molecule has 12 heteroatoms. The van der Waals surface area contributed by atoms with Crippen LogP contribution in [0.4, 0.5) is 0 Å². The van der Waals surface area contributed by atoms with Crippen LogP contribution in [0.15, 0.2) is 36.4 Å². The van der Waals surface area contributed by atoms with Gasteiger partial charge in [0.15, 0.2) is 23.0 Å². The van der Waals surface area contributed by atoms with E-state index < -0.39 is 23.8 Å². The molecular formula is C32H46N3O9+. The van der Waals surface area contributed by atoms with Crippen LogP contribution in [0.25, 0.3) is 0 Å². The van der Waals surface area contributed by atoms with Crippen LogP contribution in [-0.2, 0) is 14.4 Å². The summed E-state index contributed by atoms with van der Waals surface area (Å²) in [7, 11) is 9.28. The number of fused-ring (bicyclic) bond motifs is 1. The number of methoxy groups -OCH3 is 2. The molecule has 1 amide bonds. The highest BCUT2D eigenvalue weighted by Crippen LogP contribution is 2.47. The van der Waals surface area contributed by atoms with E-state index in [1.807, 2.05) is 17.0 Å². The number of benzene rings is 2. The van der Waals surface area contributed by atoms with Gasteiger partial charge < -0.3 is 33.3 Å². The molecule has 1 saturated heterocycles. The SMILES string of the molecule is CCCCN(OCC[N+](C)(C)C)C(=O)CN1C[C@H](c2cc(OC)c3c(c2)OCO3)[C@@H](C(=O)O)[C@@H]1COc1ccccc1OC. The topological polar surface area (TPSA) is 116 Å². The highest BCUT2D eigenvalue weighted by molar-refractivity contribution is 5.78.